The van der Waals surface area contributed by atoms with Gasteiger partial charge in [-0.05, 0) is 48.9 Å². The van der Waals surface area contributed by atoms with Crippen molar-refractivity contribution < 1.29 is 27.4 Å². The first-order valence-electron chi connectivity index (χ1n) is 7.73. The third-order valence-electron chi connectivity index (χ3n) is 3.55. The van der Waals surface area contributed by atoms with E-state index in [2.05, 4.69) is 5.32 Å². The molecule has 0 fully saturated rings. The van der Waals surface area contributed by atoms with E-state index in [0.29, 0.717) is 17.9 Å². The van der Waals surface area contributed by atoms with Crippen molar-refractivity contribution in [1.82, 2.24) is 0 Å². The molecule has 140 valence electrons. The number of hydrogen-bond donors (Lipinski definition) is 1. The van der Waals surface area contributed by atoms with Crippen LogP contribution in [0.25, 0.3) is 0 Å². The first kappa shape index (κ1) is 19.9. The summed E-state index contributed by atoms with van der Waals surface area (Å²) >= 11 is 5.90. The van der Waals surface area contributed by atoms with Crippen molar-refractivity contribution in [3.8, 4) is 11.5 Å². The summed E-state index contributed by atoms with van der Waals surface area (Å²) in [5.41, 5.74) is -1.02. The highest BCUT2D eigenvalue weighted by Gasteiger charge is 2.31. The highest BCUT2D eigenvalue weighted by molar-refractivity contribution is 6.33. The average Bonchev–Trinajstić information content (AvgIpc) is 2.61. The summed E-state index contributed by atoms with van der Waals surface area (Å²) in [7, 11) is 1.52. The van der Waals surface area contributed by atoms with Gasteiger partial charge in [0.05, 0.1) is 23.4 Å². The quantitative estimate of drug-likeness (QED) is 0.744. The number of halogens is 4. The number of rotatable bonds is 6. The van der Waals surface area contributed by atoms with Gasteiger partial charge in [-0.2, -0.15) is 13.2 Å². The Labute approximate surface area is 153 Å². The standard InChI is InChI=1S/C18H17ClF3NO3/c1-3-16(26-13-7-5-12(25-2)6-8-13)17(24)23-15-10-11(18(20,21)22)4-9-14(15)19/h4-10,16H,3H2,1-2H3,(H,23,24)/t16-/m1/s1. The lowest BCUT2D eigenvalue weighted by molar-refractivity contribution is -0.137. The van der Waals surface area contributed by atoms with Crippen LogP contribution in [-0.2, 0) is 11.0 Å². The molecular formula is C18H17ClF3NO3. The number of benzene rings is 2. The zero-order chi connectivity index (χ0) is 19.3. The lowest BCUT2D eigenvalue weighted by Gasteiger charge is -2.18. The first-order valence-corrected chi connectivity index (χ1v) is 8.10. The van der Waals surface area contributed by atoms with Crippen molar-refractivity contribution in [3.63, 3.8) is 0 Å². The van der Waals surface area contributed by atoms with Crippen LogP contribution in [0.1, 0.15) is 18.9 Å². The minimum absolute atomic E-state index is 0.00523. The Morgan fingerprint density at radius 2 is 1.77 bits per heavy atom. The lowest BCUT2D eigenvalue weighted by Crippen LogP contribution is -2.32. The monoisotopic (exact) mass is 387 g/mol. The van der Waals surface area contributed by atoms with Crippen molar-refractivity contribution >= 4 is 23.2 Å². The molecule has 0 saturated carbocycles. The van der Waals surface area contributed by atoms with E-state index in [0.717, 1.165) is 18.2 Å². The molecule has 1 N–H and O–H groups in total. The summed E-state index contributed by atoms with van der Waals surface area (Å²) in [6, 6.07) is 9.33. The highest BCUT2D eigenvalue weighted by atomic mass is 35.5. The van der Waals surface area contributed by atoms with Crippen LogP contribution in [0.3, 0.4) is 0 Å². The molecule has 2 aromatic rings. The second-order valence-corrected chi connectivity index (χ2v) is 5.78. The van der Waals surface area contributed by atoms with E-state index in [1.54, 1.807) is 31.2 Å². The van der Waals surface area contributed by atoms with Crippen LogP contribution in [0.5, 0.6) is 11.5 Å². The molecule has 1 atom stereocenters. The van der Waals surface area contributed by atoms with E-state index < -0.39 is 23.8 Å². The summed E-state index contributed by atoms with van der Waals surface area (Å²) in [5, 5.41) is 2.40. The summed E-state index contributed by atoms with van der Waals surface area (Å²) in [4.78, 5) is 12.4. The average molecular weight is 388 g/mol. The van der Waals surface area contributed by atoms with Gasteiger partial charge in [0, 0.05) is 0 Å². The van der Waals surface area contributed by atoms with E-state index >= 15 is 0 Å². The number of ether oxygens (including phenoxy) is 2. The third kappa shape index (κ3) is 5.05. The highest BCUT2D eigenvalue weighted by Crippen LogP contribution is 2.34. The van der Waals surface area contributed by atoms with Crippen molar-refractivity contribution in [1.29, 1.82) is 0 Å². The van der Waals surface area contributed by atoms with E-state index in [9.17, 15) is 18.0 Å². The van der Waals surface area contributed by atoms with Gasteiger partial charge >= 0.3 is 6.18 Å². The zero-order valence-corrected chi connectivity index (χ0v) is 14.8. The van der Waals surface area contributed by atoms with E-state index in [1.165, 1.54) is 7.11 Å². The minimum Gasteiger partial charge on any atom is -0.497 e. The van der Waals surface area contributed by atoms with Crippen LogP contribution in [0, 0.1) is 0 Å². The number of amides is 1. The number of carbonyl (C=O) groups excluding carboxylic acids is 1. The molecule has 0 radical (unpaired) electrons. The molecule has 0 aromatic heterocycles. The molecule has 0 saturated heterocycles. The topological polar surface area (TPSA) is 47.6 Å². The SMILES string of the molecule is CC[C@@H](Oc1ccc(OC)cc1)C(=O)Nc1cc(C(F)(F)F)ccc1Cl. The molecule has 0 aliphatic carbocycles. The van der Waals surface area contributed by atoms with Crippen molar-refractivity contribution in [2.45, 2.75) is 25.6 Å². The molecule has 0 unspecified atom stereocenters. The van der Waals surface area contributed by atoms with Crippen molar-refractivity contribution in [2.24, 2.45) is 0 Å². The number of carbonyl (C=O) groups is 1. The Hall–Kier alpha value is -2.41. The van der Waals surface area contributed by atoms with Gasteiger partial charge in [0.25, 0.3) is 5.91 Å². The van der Waals surface area contributed by atoms with E-state index in [1.807, 2.05) is 0 Å². The first-order chi connectivity index (χ1) is 12.2. The fourth-order valence-corrected chi connectivity index (χ4v) is 2.32. The molecule has 0 heterocycles. The van der Waals surface area contributed by atoms with Gasteiger partial charge in [0.2, 0.25) is 0 Å². The normalized spacial score (nSPS) is 12.4. The van der Waals surface area contributed by atoms with Crippen LogP contribution in [0.15, 0.2) is 42.5 Å². The maximum atomic E-state index is 12.8. The molecule has 2 aromatic carbocycles. The summed E-state index contributed by atoms with van der Waals surface area (Å²) in [5.74, 6) is 0.470. The van der Waals surface area contributed by atoms with Gasteiger partial charge in [0.1, 0.15) is 11.5 Å². The molecule has 2 rings (SSSR count). The minimum atomic E-state index is -4.53. The van der Waals surface area contributed by atoms with Crippen LogP contribution >= 0.6 is 11.6 Å². The predicted molar refractivity (Wildman–Crippen MR) is 92.8 cm³/mol. The molecule has 0 bridgehead atoms. The molecule has 0 spiro atoms. The Balaban J connectivity index is 2.13. The Kier molecular flexibility index (Phi) is 6.37. The van der Waals surface area contributed by atoms with Gasteiger partial charge in [-0.1, -0.05) is 18.5 Å². The number of alkyl halides is 3. The van der Waals surface area contributed by atoms with E-state index in [-0.39, 0.29) is 10.7 Å². The fraction of sp³-hybridized carbons (Fsp3) is 0.278. The molecule has 4 nitrogen and oxygen atoms in total. The Morgan fingerprint density at radius 3 is 2.31 bits per heavy atom. The fourth-order valence-electron chi connectivity index (χ4n) is 2.15. The summed E-state index contributed by atoms with van der Waals surface area (Å²) in [6.45, 7) is 1.72. The van der Waals surface area contributed by atoms with Gasteiger partial charge in [-0.3, -0.25) is 4.79 Å². The lowest BCUT2D eigenvalue weighted by atomic mass is 10.1. The predicted octanol–water partition coefficient (Wildman–Crippen LogP) is 5.16. The number of nitrogens with one attached hydrogen (secondary N) is 1. The van der Waals surface area contributed by atoms with Crippen LogP contribution in [0.2, 0.25) is 5.02 Å². The summed E-state index contributed by atoms with van der Waals surface area (Å²) in [6.07, 6.45) is -5.11. The number of methoxy groups -OCH3 is 1. The van der Waals surface area contributed by atoms with Crippen molar-refractivity contribution in [2.75, 3.05) is 12.4 Å². The van der Waals surface area contributed by atoms with Crippen molar-refractivity contribution in [3.05, 3.63) is 53.1 Å². The van der Waals surface area contributed by atoms with E-state index in [4.69, 9.17) is 21.1 Å². The van der Waals surface area contributed by atoms with Gasteiger partial charge in [0.15, 0.2) is 6.10 Å². The number of anilines is 1. The Bertz CT molecular complexity index is 763. The largest absolute Gasteiger partial charge is 0.497 e. The molecular weight excluding hydrogens is 371 g/mol. The number of hydrogen-bond acceptors (Lipinski definition) is 3. The zero-order valence-electron chi connectivity index (χ0n) is 14.1. The van der Waals surface area contributed by atoms with Crippen LogP contribution in [0.4, 0.5) is 18.9 Å². The molecule has 0 aliphatic heterocycles. The van der Waals surface area contributed by atoms with Gasteiger partial charge in [-0.25, -0.2) is 0 Å². The van der Waals surface area contributed by atoms with Crippen LogP contribution in [-0.4, -0.2) is 19.1 Å². The van der Waals surface area contributed by atoms with Gasteiger partial charge in [-0.15, -0.1) is 0 Å². The maximum absolute atomic E-state index is 12.8. The molecule has 8 heteroatoms. The third-order valence-corrected chi connectivity index (χ3v) is 3.88. The van der Waals surface area contributed by atoms with Crippen LogP contribution < -0.4 is 14.8 Å². The molecule has 1 amide bonds. The van der Waals surface area contributed by atoms with Gasteiger partial charge < -0.3 is 14.8 Å². The molecule has 26 heavy (non-hydrogen) atoms. The summed E-state index contributed by atoms with van der Waals surface area (Å²) < 4.78 is 49.1. The second kappa shape index (κ2) is 8.31. The maximum Gasteiger partial charge on any atom is 0.416 e. The smallest absolute Gasteiger partial charge is 0.416 e. The molecule has 0 aliphatic rings. The Morgan fingerprint density at radius 1 is 1.15 bits per heavy atom. The second-order valence-electron chi connectivity index (χ2n) is 5.37.